The number of amides is 2. The summed E-state index contributed by atoms with van der Waals surface area (Å²) in [4.78, 5) is 25.4. The number of ether oxygens (including phenoxy) is 1. The van der Waals surface area contributed by atoms with E-state index in [9.17, 15) is 18.0 Å². The molecule has 1 heterocycles. The predicted octanol–water partition coefficient (Wildman–Crippen LogP) is 6.24. The highest BCUT2D eigenvalue weighted by molar-refractivity contribution is 5.75. The summed E-state index contributed by atoms with van der Waals surface area (Å²) in [5.41, 5.74) is 8.64. The van der Waals surface area contributed by atoms with Crippen molar-refractivity contribution in [3.05, 3.63) is 89.0 Å². The number of nitrogens with one attached hydrogen (secondary N) is 3. The van der Waals surface area contributed by atoms with Crippen LogP contribution in [0.2, 0.25) is 0 Å². The van der Waals surface area contributed by atoms with Gasteiger partial charge in [0.2, 0.25) is 5.95 Å². The maximum atomic E-state index is 13.0. The number of benzene rings is 3. The minimum Gasteiger partial charge on any atom is -0.493 e. The molecule has 0 atom stereocenters. The molecule has 0 saturated carbocycles. The largest absolute Gasteiger partial charge is 0.493 e. The normalized spacial score (nSPS) is 11.2. The SMILES string of the molecule is Cc1ccc(-c2nc(NNC(=O)NCCCOc3ccc(C)cc3C)nc(-c3ccc(C(F)(F)F)cc3)n2)cc1. The standard InChI is InChI=1S/C29H29F3N6O2/c1-18-5-8-21(9-6-18)25-34-26(22-10-12-23(13-11-22)29(30,31)32)36-27(35-25)37-38-28(39)33-15-4-16-40-24-14-7-19(2)17-20(24)3/h5-14,17H,4,15-16H2,1-3H3,(H2,33,38,39)(H,34,35,36,37). The van der Waals surface area contributed by atoms with Crippen LogP contribution in [0.4, 0.5) is 23.9 Å². The van der Waals surface area contributed by atoms with E-state index in [2.05, 4.69) is 31.1 Å². The molecule has 3 aromatic carbocycles. The molecule has 0 aliphatic carbocycles. The van der Waals surface area contributed by atoms with Crippen LogP contribution in [0.25, 0.3) is 22.8 Å². The molecule has 8 nitrogen and oxygen atoms in total. The Labute approximate surface area is 230 Å². The van der Waals surface area contributed by atoms with Crippen LogP contribution in [0.3, 0.4) is 0 Å². The first-order chi connectivity index (χ1) is 19.1. The molecular weight excluding hydrogens is 521 g/mol. The van der Waals surface area contributed by atoms with Gasteiger partial charge in [0, 0.05) is 17.7 Å². The molecule has 208 valence electrons. The summed E-state index contributed by atoms with van der Waals surface area (Å²) in [7, 11) is 0. The number of hydrogen-bond acceptors (Lipinski definition) is 6. The quantitative estimate of drug-likeness (QED) is 0.168. The lowest BCUT2D eigenvalue weighted by Crippen LogP contribution is -2.40. The highest BCUT2D eigenvalue weighted by Gasteiger charge is 2.30. The molecule has 0 saturated heterocycles. The zero-order valence-electron chi connectivity index (χ0n) is 22.3. The highest BCUT2D eigenvalue weighted by Crippen LogP contribution is 2.31. The first-order valence-corrected chi connectivity index (χ1v) is 12.6. The van der Waals surface area contributed by atoms with Gasteiger partial charge in [-0.3, -0.25) is 5.43 Å². The Morgan fingerprint density at radius 2 is 1.43 bits per heavy atom. The number of hydrazine groups is 1. The van der Waals surface area contributed by atoms with E-state index in [-0.39, 0.29) is 17.6 Å². The Bertz CT molecular complexity index is 1460. The second-order valence-corrected chi connectivity index (χ2v) is 9.22. The fourth-order valence-corrected chi connectivity index (χ4v) is 3.78. The summed E-state index contributed by atoms with van der Waals surface area (Å²) in [6.07, 6.45) is -3.87. The number of alkyl halides is 3. The fourth-order valence-electron chi connectivity index (χ4n) is 3.78. The molecule has 1 aromatic heterocycles. The second-order valence-electron chi connectivity index (χ2n) is 9.22. The molecule has 4 rings (SSSR count). The molecule has 3 N–H and O–H groups in total. The Balaban J connectivity index is 1.39. The lowest BCUT2D eigenvalue weighted by atomic mass is 10.1. The summed E-state index contributed by atoms with van der Waals surface area (Å²) in [6.45, 7) is 6.73. The van der Waals surface area contributed by atoms with E-state index >= 15 is 0 Å². The van der Waals surface area contributed by atoms with E-state index in [1.54, 1.807) is 0 Å². The van der Waals surface area contributed by atoms with Gasteiger partial charge in [-0.1, -0.05) is 59.7 Å². The van der Waals surface area contributed by atoms with Crippen molar-refractivity contribution in [3.8, 4) is 28.5 Å². The van der Waals surface area contributed by atoms with Gasteiger partial charge < -0.3 is 10.1 Å². The lowest BCUT2D eigenvalue weighted by Gasteiger charge is -2.12. The van der Waals surface area contributed by atoms with Crippen LogP contribution < -0.4 is 20.9 Å². The van der Waals surface area contributed by atoms with Crippen LogP contribution in [0.1, 0.15) is 28.7 Å². The third kappa shape index (κ3) is 7.68. The van der Waals surface area contributed by atoms with E-state index in [0.29, 0.717) is 30.7 Å². The molecule has 0 spiro atoms. The van der Waals surface area contributed by atoms with Crippen molar-refractivity contribution in [2.75, 3.05) is 18.6 Å². The predicted molar refractivity (Wildman–Crippen MR) is 147 cm³/mol. The van der Waals surface area contributed by atoms with Crippen molar-refractivity contribution in [1.82, 2.24) is 25.7 Å². The summed E-state index contributed by atoms with van der Waals surface area (Å²) in [5.74, 6) is 1.26. The van der Waals surface area contributed by atoms with Gasteiger partial charge in [-0.15, -0.1) is 0 Å². The molecule has 0 bridgehead atoms. The average Bonchev–Trinajstić information content (AvgIpc) is 2.92. The van der Waals surface area contributed by atoms with Gasteiger partial charge in [-0.05, 0) is 51.0 Å². The monoisotopic (exact) mass is 550 g/mol. The fraction of sp³-hybridized carbons (Fsp3) is 0.241. The molecule has 40 heavy (non-hydrogen) atoms. The Hall–Kier alpha value is -4.67. The number of aryl methyl sites for hydroxylation is 3. The van der Waals surface area contributed by atoms with Gasteiger partial charge in [0.05, 0.1) is 12.2 Å². The van der Waals surface area contributed by atoms with Gasteiger partial charge in [0.15, 0.2) is 11.6 Å². The van der Waals surface area contributed by atoms with E-state index in [1.165, 1.54) is 12.1 Å². The summed E-state index contributed by atoms with van der Waals surface area (Å²) in [5, 5.41) is 2.71. The number of urea groups is 1. The number of anilines is 1. The van der Waals surface area contributed by atoms with Gasteiger partial charge in [0.25, 0.3) is 0 Å². The molecular formula is C29H29F3N6O2. The number of aromatic nitrogens is 3. The number of rotatable bonds is 9. The Kier molecular flexibility index (Phi) is 8.83. The third-order valence-corrected chi connectivity index (χ3v) is 5.90. The summed E-state index contributed by atoms with van der Waals surface area (Å²) in [6, 6.07) is 17.4. The first kappa shape index (κ1) is 28.3. The van der Waals surface area contributed by atoms with E-state index in [0.717, 1.165) is 34.6 Å². The van der Waals surface area contributed by atoms with Crippen LogP contribution in [0.5, 0.6) is 5.75 Å². The average molecular weight is 551 g/mol. The molecule has 2 amide bonds. The van der Waals surface area contributed by atoms with Crippen LogP contribution in [0.15, 0.2) is 66.7 Å². The number of halogens is 3. The molecule has 0 aliphatic rings. The lowest BCUT2D eigenvalue weighted by molar-refractivity contribution is -0.137. The highest BCUT2D eigenvalue weighted by atomic mass is 19.4. The molecule has 4 aromatic rings. The molecule has 11 heteroatoms. The number of carbonyl (C=O) groups excluding carboxylic acids is 1. The molecule has 0 fully saturated rings. The minimum atomic E-state index is -4.46. The van der Waals surface area contributed by atoms with E-state index in [1.807, 2.05) is 63.2 Å². The van der Waals surface area contributed by atoms with E-state index in [4.69, 9.17) is 4.74 Å². The summed E-state index contributed by atoms with van der Waals surface area (Å²) < 4.78 is 44.8. The molecule has 0 radical (unpaired) electrons. The number of nitrogens with zero attached hydrogens (tertiary/aromatic N) is 3. The first-order valence-electron chi connectivity index (χ1n) is 12.6. The van der Waals surface area contributed by atoms with Crippen molar-refractivity contribution >= 4 is 12.0 Å². The van der Waals surface area contributed by atoms with Crippen molar-refractivity contribution in [2.45, 2.75) is 33.4 Å². The topological polar surface area (TPSA) is 101 Å². The van der Waals surface area contributed by atoms with Gasteiger partial charge in [-0.25, -0.2) is 15.2 Å². The second kappa shape index (κ2) is 12.5. The van der Waals surface area contributed by atoms with Crippen LogP contribution >= 0.6 is 0 Å². The van der Waals surface area contributed by atoms with Gasteiger partial charge >= 0.3 is 12.2 Å². The van der Waals surface area contributed by atoms with Crippen molar-refractivity contribution in [1.29, 1.82) is 0 Å². The number of carbonyl (C=O) groups is 1. The zero-order chi connectivity index (χ0) is 28.7. The third-order valence-electron chi connectivity index (χ3n) is 5.90. The molecule has 0 unspecified atom stereocenters. The van der Waals surface area contributed by atoms with Crippen LogP contribution in [0, 0.1) is 20.8 Å². The minimum absolute atomic E-state index is 0.0220. The van der Waals surface area contributed by atoms with Crippen molar-refractivity contribution in [2.24, 2.45) is 0 Å². The van der Waals surface area contributed by atoms with Crippen LogP contribution in [-0.2, 0) is 6.18 Å². The molecule has 0 aliphatic heterocycles. The maximum Gasteiger partial charge on any atom is 0.416 e. The summed E-state index contributed by atoms with van der Waals surface area (Å²) >= 11 is 0. The van der Waals surface area contributed by atoms with Gasteiger partial charge in [-0.2, -0.15) is 23.1 Å². The van der Waals surface area contributed by atoms with Crippen LogP contribution in [-0.4, -0.2) is 34.1 Å². The smallest absolute Gasteiger partial charge is 0.416 e. The zero-order valence-corrected chi connectivity index (χ0v) is 22.3. The Morgan fingerprint density at radius 3 is 2.02 bits per heavy atom. The number of hydrogen-bond donors (Lipinski definition) is 3. The van der Waals surface area contributed by atoms with E-state index < -0.39 is 17.8 Å². The maximum absolute atomic E-state index is 13.0. The van der Waals surface area contributed by atoms with Crippen molar-refractivity contribution in [3.63, 3.8) is 0 Å². The Morgan fingerprint density at radius 1 is 0.825 bits per heavy atom. The van der Waals surface area contributed by atoms with Gasteiger partial charge in [0.1, 0.15) is 5.75 Å². The van der Waals surface area contributed by atoms with Crippen molar-refractivity contribution < 1.29 is 22.7 Å².